The molecule has 3 rings (SSSR count). The van der Waals surface area contributed by atoms with Crippen LogP contribution in [0.2, 0.25) is 0 Å². The number of benzene rings is 1. The summed E-state index contributed by atoms with van der Waals surface area (Å²) in [5.41, 5.74) is 0.447. The van der Waals surface area contributed by atoms with Gasteiger partial charge in [-0.2, -0.15) is 0 Å². The van der Waals surface area contributed by atoms with Crippen molar-refractivity contribution >= 4 is 10.8 Å². The second-order valence-electron chi connectivity index (χ2n) is 3.36. The zero-order valence-electron chi connectivity index (χ0n) is 9.03. The van der Waals surface area contributed by atoms with Crippen LogP contribution in [0.25, 0.3) is 10.8 Å². The van der Waals surface area contributed by atoms with E-state index in [1.165, 1.54) is 10.8 Å². The Labute approximate surface area is 129 Å². The predicted octanol–water partition coefficient (Wildman–Crippen LogP) is 2.66. The topological polar surface area (TPSA) is 55.4 Å². The Bertz CT molecular complexity index is 565. The van der Waals surface area contributed by atoms with E-state index in [0.29, 0.717) is 5.49 Å². The van der Waals surface area contributed by atoms with Gasteiger partial charge in [0.25, 0.3) is 0 Å². The van der Waals surface area contributed by atoms with E-state index in [4.69, 9.17) is 5.41 Å². The minimum absolute atomic E-state index is 0. The van der Waals surface area contributed by atoms with Gasteiger partial charge in [0.2, 0.25) is 0 Å². The molecule has 2 heterocycles. The molecule has 95 valence electrons. The number of hydrogen-bond donors (Lipinski definition) is 3. The van der Waals surface area contributed by atoms with E-state index in [-0.39, 0.29) is 36.9 Å². The largest absolute Gasteiger partial charge is 0.366 e. The Balaban J connectivity index is 0.000000166. The van der Waals surface area contributed by atoms with Gasteiger partial charge in [0, 0.05) is 55.5 Å². The number of fused-ring (bicyclic) bond motifs is 1. The molecule has 3 nitrogen and oxygen atoms in total. The van der Waals surface area contributed by atoms with E-state index in [2.05, 4.69) is 22.1 Å². The van der Waals surface area contributed by atoms with Crippen molar-refractivity contribution in [2.75, 3.05) is 0 Å². The molecule has 0 fully saturated rings. The number of nitrogens with one attached hydrogen (secondary N) is 3. The number of aromatic amines is 2. The van der Waals surface area contributed by atoms with Crippen molar-refractivity contribution in [3.8, 4) is 0 Å². The monoisotopic (exact) mass is 386 g/mol. The van der Waals surface area contributed by atoms with Gasteiger partial charge in [-0.1, -0.05) is 30.3 Å². The zero-order valence-corrected chi connectivity index (χ0v) is 10.7. The molecular weight excluding hydrogens is 373 g/mol. The summed E-state index contributed by atoms with van der Waals surface area (Å²) in [6, 6.07) is 13.6. The van der Waals surface area contributed by atoms with Gasteiger partial charge in [-0.25, -0.2) is 0 Å². The molecule has 1 aromatic carbocycles. The van der Waals surface area contributed by atoms with Gasteiger partial charge in [-0.15, -0.1) is 0 Å². The van der Waals surface area contributed by atoms with E-state index in [0.717, 1.165) is 0 Å². The van der Waals surface area contributed by atoms with Gasteiger partial charge >= 0.3 is 0 Å². The van der Waals surface area contributed by atoms with Crippen LogP contribution in [0.3, 0.4) is 0 Å². The maximum absolute atomic E-state index is 6.94. The Hall–Kier alpha value is -1.06. The van der Waals surface area contributed by atoms with Crippen LogP contribution in [-0.2, 0) is 0 Å². The first-order chi connectivity index (χ1) is 7.86. The summed E-state index contributed by atoms with van der Waals surface area (Å²) in [6.45, 7) is 0. The summed E-state index contributed by atoms with van der Waals surface area (Å²) >= 11 is 0. The molecule has 1 radical (unpaired) electrons. The van der Waals surface area contributed by atoms with E-state index < -0.39 is 0 Å². The summed E-state index contributed by atoms with van der Waals surface area (Å²) < 4.78 is 0. The standard InChI is InChI=1S/C8H7N.C5H6N2.Lu/c1-2-4-8-6-9-5-7(8)3-1;6-5-3-1-2-4-7-5;/h1-6,9H;1-4H,(H2,6,7);. The quantitative estimate of drug-likeness (QED) is 0.532. The van der Waals surface area contributed by atoms with Crippen molar-refractivity contribution in [1.29, 1.82) is 5.41 Å². The first-order valence-electron chi connectivity index (χ1n) is 5.06. The molecule has 0 aliphatic heterocycles. The molecule has 17 heavy (non-hydrogen) atoms. The molecule has 0 unspecified atom stereocenters. The molecule has 3 N–H and O–H groups in total. The Morgan fingerprint density at radius 3 is 1.82 bits per heavy atom. The van der Waals surface area contributed by atoms with Crippen LogP contribution >= 0.6 is 0 Å². The average Bonchev–Trinajstić information content (AvgIpc) is 2.79. The molecule has 0 saturated heterocycles. The third-order valence-electron chi connectivity index (χ3n) is 2.18. The Morgan fingerprint density at radius 1 is 0.824 bits per heavy atom. The summed E-state index contributed by atoms with van der Waals surface area (Å²) in [7, 11) is 0. The third-order valence-corrected chi connectivity index (χ3v) is 2.18. The van der Waals surface area contributed by atoms with Crippen molar-refractivity contribution in [3.63, 3.8) is 0 Å². The van der Waals surface area contributed by atoms with E-state index >= 15 is 0 Å². The molecule has 0 bridgehead atoms. The van der Waals surface area contributed by atoms with Gasteiger partial charge in [0.1, 0.15) is 5.49 Å². The fourth-order valence-corrected chi connectivity index (χ4v) is 1.39. The Kier molecular flexibility index (Phi) is 6.02. The molecule has 0 atom stereocenters. The van der Waals surface area contributed by atoms with Crippen LogP contribution < -0.4 is 5.49 Å². The predicted molar refractivity (Wildman–Crippen MR) is 64.9 cm³/mol. The van der Waals surface area contributed by atoms with Gasteiger partial charge in [-0.3, -0.25) is 5.41 Å². The molecule has 0 saturated carbocycles. The normalized spacial score (nSPS) is 8.94. The Morgan fingerprint density at radius 2 is 1.41 bits per heavy atom. The van der Waals surface area contributed by atoms with Crippen LogP contribution in [-0.4, -0.2) is 9.97 Å². The molecule has 0 aliphatic rings. The van der Waals surface area contributed by atoms with Crippen molar-refractivity contribution in [1.82, 2.24) is 9.97 Å². The summed E-state index contributed by atoms with van der Waals surface area (Å²) in [5.74, 6) is 0. The van der Waals surface area contributed by atoms with Gasteiger partial charge in [-0.05, 0) is 22.9 Å². The number of H-pyrrole nitrogens is 2. The van der Waals surface area contributed by atoms with Crippen LogP contribution in [0.15, 0.2) is 61.1 Å². The van der Waals surface area contributed by atoms with Gasteiger partial charge in [0.05, 0.1) is 0 Å². The van der Waals surface area contributed by atoms with Crippen molar-refractivity contribution in [3.05, 3.63) is 66.5 Å². The number of rotatable bonds is 0. The number of aromatic nitrogens is 2. The van der Waals surface area contributed by atoms with E-state index in [1.807, 2.05) is 36.7 Å². The van der Waals surface area contributed by atoms with Crippen LogP contribution in [0, 0.1) is 42.3 Å². The summed E-state index contributed by atoms with van der Waals surface area (Å²) in [6.07, 6.45) is 5.72. The fraction of sp³-hybridized carbons (Fsp3) is 0. The zero-order chi connectivity index (χ0) is 11.2. The van der Waals surface area contributed by atoms with Crippen molar-refractivity contribution in [2.24, 2.45) is 0 Å². The first kappa shape index (κ1) is 14.0. The van der Waals surface area contributed by atoms with E-state index in [9.17, 15) is 0 Å². The second-order valence-corrected chi connectivity index (χ2v) is 3.36. The molecule has 2 aromatic heterocycles. The van der Waals surface area contributed by atoms with Crippen molar-refractivity contribution in [2.45, 2.75) is 0 Å². The minimum atomic E-state index is 0. The minimum Gasteiger partial charge on any atom is -0.366 e. The van der Waals surface area contributed by atoms with Crippen molar-refractivity contribution < 1.29 is 36.9 Å². The maximum atomic E-state index is 6.94. The van der Waals surface area contributed by atoms with Crippen LogP contribution in [0.1, 0.15) is 0 Å². The molecule has 0 aliphatic carbocycles. The average molecular weight is 386 g/mol. The molecule has 4 heteroatoms. The van der Waals surface area contributed by atoms with E-state index in [1.54, 1.807) is 12.3 Å². The summed E-state index contributed by atoms with van der Waals surface area (Å²) in [5, 5.41) is 9.49. The molecule has 0 amide bonds. The second kappa shape index (κ2) is 7.30. The number of hydrogen-bond acceptors (Lipinski definition) is 1. The molecule has 3 aromatic rings. The molecular formula is C13H13LuN3. The smallest absolute Gasteiger partial charge is 0.121 e. The SMILES string of the molecule is N=c1cccc[nH]1.[Lu].c1ccc2c[nH]cc2c1. The number of pyridine rings is 1. The maximum Gasteiger partial charge on any atom is 0.121 e. The fourth-order valence-electron chi connectivity index (χ4n) is 1.39. The first-order valence-corrected chi connectivity index (χ1v) is 5.06. The van der Waals surface area contributed by atoms with Gasteiger partial charge < -0.3 is 9.97 Å². The van der Waals surface area contributed by atoms with Crippen LogP contribution in [0.5, 0.6) is 0 Å². The third kappa shape index (κ3) is 4.37. The summed E-state index contributed by atoms with van der Waals surface area (Å²) in [4.78, 5) is 5.74. The van der Waals surface area contributed by atoms with Crippen LogP contribution in [0.4, 0.5) is 0 Å². The van der Waals surface area contributed by atoms with Gasteiger partial charge in [0.15, 0.2) is 0 Å². The molecule has 0 spiro atoms.